The number of hydrogen-bond donors (Lipinski definition) is 0. The summed E-state index contributed by atoms with van der Waals surface area (Å²) in [6.45, 7) is 2.15. The van der Waals surface area contributed by atoms with Gasteiger partial charge in [0.15, 0.2) is 0 Å². The van der Waals surface area contributed by atoms with E-state index in [4.69, 9.17) is 0 Å². The molecule has 7 heavy (non-hydrogen) atoms. The van der Waals surface area contributed by atoms with Gasteiger partial charge >= 0.3 is 0 Å². The molecule has 0 aliphatic heterocycles. The van der Waals surface area contributed by atoms with Crippen LogP contribution in [0.2, 0.25) is 0 Å². The molecule has 1 unspecified atom stereocenters. The second kappa shape index (κ2) is 6.39. The van der Waals surface area contributed by atoms with Gasteiger partial charge < -0.3 is 4.89 Å². The van der Waals surface area contributed by atoms with Gasteiger partial charge in [-0.25, -0.2) is 8.81 Å². The number of unbranched alkanes of at least 4 members (excludes halogenated alkanes) is 2. The molecular weight excluding hydrogens is 107 g/mol. The fourth-order valence-electron chi connectivity index (χ4n) is 0.447. The van der Waals surface area contributed by atoms with E-state index in [9.17, 15) is 4.89 Å². The van der Waals surface area contributed by atoms with Crippen LogP contribution >= 0.6 is 8.81 Å². The average Bonchev–Trinajstić information content (AvgIpc) is 1.69. The standard InChI is InChI=1S/C5H12OP/c1-2-3-4-5-7-6/h7H,2-5H2,1H3/q-1. The van der Waals surface area contributed by atoms with Gasteiger partial charge in [0.2, 0.25) is 0 Å². The molecule has 0 aromatic heterocycles. The maximum atomic E-state index is 9.83. The van der Waals surface area contributed by atoms with Crippen LogP contribution in [0.1, 0.15) is 26.2 Å². The van der Waals surface area contributed by atoms with Crippen LogP contribution in [0.4, 0.5) is 0 Å². The van der Waals surface area contributed by atoms with Crippen molar-refractivity contribution >= 4 is 8.81 Å². The summed E-state index contributed by atoms with van der Waals surface area (Å²) in [6, 6.07) is 0. The lowest BCUT2D eigenvalue weighted by atomic mass is 10.3. The van der Waals surface area contributed by atoms with Crippen LogP contribution in [-0.4, -0.2) is 6.16 Å². The highest BCUT2D eigenvalue weighted by molar-refractivity contribution is 7.29. The van der Waals surface area contributed by atoms with E-state index in [2.05, 4.69) is 6.92 Å². The molecule has 0 saturated heterocycles. The molecule has 0 rings (SSSR count). The monoisotopic (exact) mass is 119 g/mol. The summed E-state index contributed by atoms with van der Waals surface area (Å²) in [4.78, 5) is 9.83. The van der Waals surface area contributed by atoms with Gasteiger partial charge in [-0.05, 0) is 6.16 Å². The lowest BCUT2D eigenvalue weighted by Gasteiger charge is -2.00. The third-order valence-corrected chi connectivity index (χ3v) is 1.44. The minimum Gasteiger partial charge on any atom is -0.832 e. The maximum Gasteiger partial charge on any atom is -0.0499 e. The van der Waals surface area contributed by atoms with Crippen LogP contribution in [0.15, 0.2) is 0 Å². The Kier molecular flexibility index (Phi) is 6.75. The van der Waals surface area contributed by atoms with E-state index in [1.807, 2.05) is 0 Å². The summed E-state index contributed by atoms with van der Waals surface area (Å²) in [5.41, 5.74) is 0. The Morgan fingerprint density at radius 3 is 2.57 bits per heavy atom. The summed E-state index contributed by atoms with van der Waals surface area (Å²) in [5, 5.41) is 0. The molecule has 1 atom stereocenters. The Balaban J connectivity index is 2.45. The Bertz CT molecular complexity index is 27.3. The van der Waals surface area contributed by atoms with Gasteiger partial charge in [0.25, 0.3) is 0 Å². The fraction of sp³-hybridized carbons (Fsp3) is 1.00. The highest BCUT2D eigenvalue weighted by Crippen LogP contribution is 2.02. The average molecular weight is 119 g/mol. The zero-order valence-electron chi connectivity index (χ0n) is 4.74. The summed E-state index contributed by atoms with van der Waals surface area (Å²) < 4.78 is 0. The van der Waals surface area contributed by atoms with E-state index in [1.54, 1.807) is 0 Å². The highest BCUT2D eigenvalue weighted by atomic mass is 31.1. The van der Waals surface area contributed by atoms with Crippen molar-refractivity contribution in [2.24, 2.45) is 0 Å². The first-order valence-electron chi connectivity index (χ1n) is 2.76. The molecule has 0 aromatic carbocycles. The molecule has 0 spiro atoms. The molecule has 0 saturated carbocycles. The molecule has 44 valence electrons. The summed E-state index contributed by atoms with van der Waals surface area (Å²) in [5.74, 6) is 0. The zero-order valence-corrected chi connectivity index (χ0v) is 5.74. The fourth-order valence-corrected chi connectivity index (χ4v) is 0.842. The minimum atomic E-state index is -0.0824. The van der Waals surface area contributed by atoms with Crippen molar-refractivity contribution in [1.29, 1.82) is 0 Å². The van der Waals surface area contributed by atoms with Gasteiger partial charge in [0.1, 0.15) is 0 Å². The van der Waals surface area contributed by atoms with Crippen LogP contribution in [0.5, 0.6) is 0 Å². The molecule has 0 aliphatic rings. The van der Waals surface area contributed by atoms with Crippen LogP contribution in [-0.2, 0) is 0 Å². The number of rotatable bonds is 4. The lowest BCUT2D eigenvalue weighted by Crippen LogP contribution is -1.85. The predicted octanol–water partition coefficient (Wildman–Crippen LogP) is 1.13. The van der Waals surface area contributed by atoms with E-state index in [1.165, 1.54) is 12.8 Å². The van der Waals surface area contributed by atoms with E-state index in [0.717, 1.165) is 12.6 Å². The first-order valence-corrected chi connectivity index (χ1v) is 3.88. The van der Waals surface area contributed by atoms with Crippen molar-refractivity contribution in [2.45, 2.75) is 26.2 Å². The first kappa shape index (κ1) is 7.39. The normalized spacial score (nSPS) is 11.1. The Morgan fingerprint density at radius 2 is 2.14 bits per heavy atom. The minimum absolute atomic E-state index is 0.0824. The van der Waals surface area contributed by atoms with Gasteiger partial charge in [-0.3, -0.25) is 0 Å². The second-order valence-corrected chi connectivity index (χ2v) is 2.39. The Morgan fingerprint density at radius 1 is 1.43 bits per heavy atom. The van der Waals surface area contributed by atoms with Crippen molar-refractivity contribution in [3.05, 3.63) is 0 Å². The molecule has 0 radical (unpaired) electrons. The van der Waals surface area contributed by atoms with Gasteiger partial charge in [-0.1, -0.05) is 26.2 Å². The van der Waals surface area contributed by atoms with Crippen molar-refractivity contribution < 1.29 is 4.89 Å². The lowest BCUT2D eigenvalue weighted by molar-refractivity contribution is -0.150. The quantitative estimate of drug-likeness (QED) is 0.402. The third kappa shape index (κ3) is 6.39. The molecule has 2 heteroatoms. The van der Waals surface area contributed by atoms with Gasteiger partial charge in [0.05, 0.1) is 0 Å². The first-order chi connectivity index (χ1) is 3.41. The predicted molar refractivity (Wildman–Crippen MR) is 32.7 cm³/mol. The summed E-state index contributed by atoms with van der Waals surface area (Å²) in [7, 11) is -0.0824. The van der Waals surface area contributed by atoms with Crippen molar-refractivity contribution in [3.63, 3.8) is 0 Å². The van der Waals surface area contributed by atoms with Crippen LogP contribution in [0.3, 0.4) is 0 Å². The van der Waals surface area contributed by atoms with Crippen molar-refractivity contribution in [2.75, 3.05) is 6.16 Å². The van der Waals surface area contributed by atoms with E-state index in [0.29, 0.717) is 0 Å². The Hall–Kier alpha value is 0.390. The molecule has 0 N–H and O–H groups in total. The Labute approximate surface area is 47.0 Å². The second-order valence-electron chi connectivity index (χ2n) is 1.60. The van der Waals surface area contributed by atoms with Crippen molar-refractivity contribution in [1.82, 2.24) is 0 Å². The topological polar surface area (TPSA) is 23.1 Å². The van der Waals surface area contributed by atoms with Crippen LogP contribution < -0.4 is 4.89 Å². The van der Waals surface area contributed by atoms with Gasteiger partial charge in [0, 0.05) is 0 Å². The molecule has 0 bridgehead atoms. The van der Waals surface area contributed by atoms with E-state index < -0.39 is 0 Å². The molecule has 0 fully saturated rings. The molecule has 0 amide bonds. The largest absolute Gasteiger partial charge is 0.832 e. The smallest absolute Gasteiger partial charge is 0.0499 e. The van der Waals surface area contributed by atoms with E-state index in [-0.39, 0.29) is 8.81 Å². The summed E-state index contributed by atoms with van der Waals surface area (Å²) >= 11 is 0. The molecular formula is C5H12OP-. The molecule has 0 aliphatic carbocycles. The van der Waals surface area contributed by atoms with Crippen molar-refractivity contribution in [3.8, 4) is 0 Å². The highest BCUT2D eigenvalue weighted by Gasteiger charge is 1.77. The van der Waals surface area contributed by atoms with Gasteiger partial charge in [-0.2, -0.15) is 0 Å². The summed E-state index contributed by atoms with van der Waals surface area (Å²) in [6.07, 6.45) is 4.49. The number of hydrogen-bond acceptors (Lipinski definition) is 1. The van der Waals surface area contributed by atoms with Crippen LogP contribution in [0, 0.1) is 0 Å². The molecule has 1 nitrogen and oxygen atoms in total. The molecule has 0 heterocycles. The SMILES string of the molecule is CCCCCP[O-]. The maximum absolute atomic E-state index is 9.83. The zero-order chi connectivity index (χ0) is 5.54. The van der Waals surface area contributed by atoms with Gasteiger partial charge in [-0.15, -0.1) is 0 Å². The third-order valence-electron chi connectivity index (χ3n) is 0.882. The van der Waals surface area contributed by atoms with Crippen LogP contribution in [0.25, 0.3) is 0 Å². The van der Waals surface area contributed by atoms with E-state index >= 15 is 0 Å². The molecule has 0 aromatic rings.